The smallest absolute Gasteiger partial charge is 0.127 e. The number of ether oxygens (including phenoxy) is 1. The molecule has 0 atom stereocenters. The highest BCUT2D eigenvalue weighted by Crippen LogP contribution is 2.43. The van der Waals surface area contributed by atoms with E-state index >= 15 is 0 Å². The van der Waals surface area contributed by atoms with Gasteiger partial charge in [-0.2, -0.15) is 0 Å². The van der Waals surface area contributed by atoms with Gasteiger partial charge in [0, 0.05) is 21.0 Å². The molecular weight excluding hydrogens is 416 g/mol. The maximum Gasteiger partial charge on any atom is 0.127 e. The average Bonchev–Trinajstić information content (AvgIpc) is 3.22. The molecule has 1 heterocycles. The van der Waals surface area contributed by atoms with Crippen LogP contribution in [0.1, 0.15) is 21.5 Å². The van der Waals surface area contributed by atoms with E-state index in [-0.39, 0.29) is 5.56 Å². The Hall–Kier alpha value is -3.08. The second-order valence-corrected chi connectivity index (χ2v) is 8.25. The SMILES string of the molecule is Cc1cc(C(=O)[O-])ccc1-c1sccc1-c1cc(Cl)ccc1OCc1ccccc1. The molecule has 4 rings (SSSR count). The van der Waals surface area contributed by atoms with Crippen LogP contribution in [-0.4, -0.2) is 5.97 Å². The van der Waals surface area contributed by atoms with Crippen molar-refractivity contribution in [1.82, 2.24) is 0 Å². The minimum Gasteiger partial charge on any atom is -0.545 e. The summed E-state index contributed by atoms with van der Waals surface area (Å²) in [5.41, 5.74) is 4.99. The number of benzene rings is 3. The monoisotopic (exact) mass is 433 g/mol. The molecule has 0 amide bonds. The van der Waals surface area contributed by atoms with E-state index in [9.17, 15) is 9.90 Å². The standard InChI is InChI=1S/C25H19ClO3S/c1-16-13-18(25(27)28)7-9-20(16)24-21(11-12-30-24)22-14-19(26)8-10-23(22)29-15-17-5-3-2-4-6-17/h2-14H,15H2,1H3,(H,27,28)/p-1. The third-order valence-electron chi connectivity index (χ3n) is 4.84. The Morgan fingerprint density at radius 3 is 2.50 bits per heavy atom. The first-order valence-corrected chi connectivity index (χ1v) is 10.6. The normalized spacial score (nSPS) is 10.7. The maximum absolute atomic E-state index is 11.2. The van der Waals surface area contributed by atoms with Crippen molar-refractivity contribution in [3.05, 3.63) is 99.9 Å². The lowest BCUT2D eigenvalue weighted by Crippen LogP contribution is -2.22. The van der Waals surface area contributed by atoms with Crippen LogP contribution >= 0.6 is 22.9 Å². The number of aryl methyl sites for hydroxylation is 1. The third kappa shape index (κ3) is 4.25. The highest BCUT2D eigenvalue weighted by molar-refractivity contribution is 7.14. The molecule has 0 bridgehead atoms. The largest absolute Gasteiger partial charge is 0.545 e. The highest BCUT2D eigenvalue weighted by atomic mass is 35.5. The van der Waals surface area contributed by atoms with Gasteiger partial charge >= 0.3 is 0 Å². The van der Waals surface area contributed by atoms with Crippen molar-refractivity contribution in [3.8, 4) is 27.3 Å². The first-order chi connectivity index (χ1) is 14.5. The minimum absolute atomic E-state index is 0.170. The number of thiophene rings is 1. The van der Waals surface area contributed by atoms with Crippen LogP contribution in [0.4, 0.5) is 0 Å². The fraction of sp³-hybridized carbons (Fsp3) is 0.0800. The lowest BCUT2D eigenvalue weighted by atomic mass is 9.98. The number of carbonyl (C=O) groups is 1. The number of aromatic carboxylic acids is 1. The van der Waals surface area contributed by atoms with Crippen LogP contribution in [0.3, 0.4) is 0 Å². The zero-order chi connectivity index (χ0) is 21.1. The van der Waals surface area contributed by atoms with Gasteiger partial charge in [-0.3, -0.25) is 0 Å². The molecule has 3 aromatic carbocycles. The van der Waals surface area contributed by atoms with Crippen LogP contribution in [0.15, 0.2) is 78.2 Å². The van der Waals surface area contributed by atoms with E-state index < -0.39 is 5.97 Å². The van der Waals surface area contributed by atoms with E-state index in [1.54, 1.807) is 23.5 Å². The molecule has 0 saturated carbocycles. The number of rotatable bonds is 6. The zero-order valence-electron chi connectivity index (χ0n) is 16.2. The maximum atomic E-state index is 11.2. The minimum atomic E-state index is -1.18. The summed E-state index contributed by atoms with van der Waals surface area (Å²) in [7, 11) is 0. The first-order valence-electron chi connectivity index (χ1n) is 9.39. The summed E-state index contributed by atoms with van der Waals surface area (Å²) >= 11 is 7.91. The highest BCUT2D eigenvalue weighted by Gasteiger charge is 2.16. The number of hydrogen-bond donors (Lipinski definition) is 0. The molecule has 3 nitrogen and oxygen atoms in total. The van der Waals surface area contributed by atoms with Crippen molar-refractivity contribution < 1.29 is 14.6 Å². The topological polar surface area (TPSA) is 49.4 Å². The van der Waals surface area contributed by atoms with Gasteiger partial charge in [0.2, 0.25) is 0 Å². The number of halogens is 1. The van der Waals surface area contributed by atoms with Crippen LogP contribution in [0, 0.1) is 6.92 Å². The van der Waals surface area contributed by atoms with Crippen LogP contribution in [0.5, 0.6) is 5.75 Å². The van der Waals surface area contributed by atoms with Gasteiger partial charge in [-0.15, -0.1) is 11.3 Å². The summed E-state index contributed by atoms with van der Waals surface area (Å²) < 4.78 is 6.13. The molecule has 30 heavy (non-hydrogen) atoms. The lowest BCUT2D eigenvalue weighted by molar-refractivity contribution is -0.255. The van der Waals surface area contributed by atoms with Gasteiger partial charge in [0.25, 0.3) is 0 Å². The molecule has 4 aromatic rings. The van der Waals surface area contributed by atoms with Crippen molar-refractivity contribution in [2.75, 3.05) is 0 Å². The van der Waals surface area contributed by atoms with E-state index in [0.29, 0.717) is 11.6 Å². The van der Waals surface area contributed by atoms with Crippen LogP contribution < -0.4 is 9.84 Å². The Bertz CT molecular complexity index is 1200. The van der Waals surface area contributed by atoms with Gasteiger partial charge in [0.05, 0.1) is 5.97 Å². The summed E-state index contributed by atoms with van der Waals surface area (Å²) in [6.45, 7) is 2.35. The van der Waals surface area contributed by atoms with E-state index in [0.717, 1.165) is 38.4 Å². The van der Waals surface area contributed by atoms with E-state index in [2.05, 4.69) is 0 Å². The van der Waals surface area contributed by atoms with Crippen LogP contribution in [-0.2, 0) is 6.61 Å². The van der Waals surface area contributed by atoms with Gasteiger partial charge in [0.1, 0.15) is 12.4 Å². The Morgan fingerprint density at radius 1 is 0.967 bits per heavy atom. The predicted molar refractivity (Wildman–Crippen MR) is 120 cm³/mol. The predicted octanol–water partition coefficient (Wildman–Crippen LogP) is 5.99. The average molecular weight is 434 g/mol. The molecule has 1 aromatic heterocycles. The molecule has 150 valence electrons. The molecule has 0 spiro atoms. The van der Waals surface area contributed by atoms with E-state index in [1.807, 2.05) is 73.0 Å². The Labute approximate surface area is 184 Å². The van der Waals surface area contributed by atoms with Gasteiger partial charge in [-0.1, -0.05) is 54.1 Å². The molecule has 0 unspecified atom stereocenters. The Kier molecular flexibility index (Phi) is 5.88. The first kappa shape index (κ1) is 20.2. The number of carbonyl (C=O) groups excluding carboxylic acids is 1. The summed E-state index contributed by atoms with van der Waals surface area (Å²) in [5, 5.41) is 13.8. The quantitative estimate of drug-likeness (QED) is 0.375. The van der Waals surface area contributed by atoms with Gasteiger partial charge < -0.3 is 14.6 Å². The lowest BCUT2D eigenvalue weighted by Gasteiger charge is -2.14. The molecule has 0 fully saturated rings. The third-order valence-corrected chi connectivity index (χ3v) is 6.02. The van der Waals surface area contributed by atoms with Crippen LogP contribution in [0.25, 0.3) is 21.6 Å². The van der Waals surface area contributed by atoms with Gasteiger partial charge in [-0.25, -0.2) is 0 Å². The van der Waals surface area contributed by atoms with Crippen molar-refractivity contribution in [2.45, 2.75) is 13.5 Å². The van der Waals surface area contributed by atoms with Gasteiger partial charge in [0.15, 0.2) is 0 Å². The fourth-order valence-corrected chi connectivity index (χ4v) is 4.52. The molecule has 0 N–H and O–H groups in total. The summed E-state index contributed by atoms with van der Waals surface area (Å²) in [5.74, 6) is -0.436. The second kappa shape index (κ2) is 8.74. The molecule has 0 aliphatic heterocycles. The zero-order valence-corrected chi connectivity index (χ0v) is 17.8. The molecule has 0 radical (unpaired) electrons. The number of carboxylic acids is 1. The Balaban J connectivity index is 1.73. The second-order valence-electron chi connectivity index (χ2n) is 6.90. The van der Waals surface area contributed by atoms with E-state index in [4.69, 9.17) is 16.3 Å². The van der Waals surface area contributed by atoms with Crippen molar-refractivity contribution >= 4 is 28.9 Å². The number of carboxylic acid groups (broad SMARTS) is 1. The fourth-order valence-electron chi connectivity index (χ4n) is 3.35. The molecule has 0 aliphatic carbocycles. The Morgan fingerprint density at radius 2 is 1.77 bits per heavy atom. The van der Waals surface area contributed by atoms with Crippen molar-refractivity contribution in [3.63, 3.8) is 0 Å². The van der Waals surface area contributed by atoms with Crippen molar-refractivity contribution in [1.29, 1.82) is 0 Å². The number of hydrogen-bond acceptors (Lipinski definition) is 4. The van der Waals surface area contributed by atoms with E-state index in [1.165, 1.54) is 0 Å². The summed E-state index contributed by atoms with van der Waals surface area (Å²) in [6.07, 6.45) is 0. The van der Waals surface area contributed by atoms with Gasteiger partial charge in [-0.05, 0) is 64.9 Å². The molecule has 5 heteroatoms. The molecule has 0 aliphatic rings. The molecule has 0 saturated heterocycles. The van der Waals surface area contributed by atoms with Crippen molar-refractivity contribution in [2.24, 2.45) is 0 Å². The molecular formula is C25H18ClO3S-. The summed E-state index contributed by atoms with van der Waals surface area (Å²) in [6, 6.07) is 22.7. The van der Waals surface area contributed by atoms with Crippen LogP contribution in [0.2, 0.25) is 5.02 Å². The summed E-state index contributed by atoms with van der Waals surface area (Å²) in [4.78, 5) is 12.2.